The van der Waals surface area contributed by atoms with Crippen LogP contribution in [0, 0.1) is 5.95 Å². The van der Waals surface area contributed by atoms with Crippen molar-refractivity contribution < 1.29 is 14.0 Å². The average molecular weight is 237 g/mol. The SMILES string of the molecule is O=C(NC1CCCNC1=O)c1ccc(F)nc1. The summed E-state index contributed by atoms with van der Waals surface area (Å²) in [5.41, 5.74) is 0.241. The van der Waals surface area contributed by atoms with Gasteiger partial charge in [0.1, 0.15) is 6.04 Å². The fourth-order valence-corrected chi connectivity index (χ4v) is 1.66. The fourth-order valence-electron chi connectivity index (χ4n) is 1.66. The Hall–Kier alpha value is -1.98. The Bertz CT molecular complexity index is 433. The van der Waals surface area contributed by atoms with E-state index >= 15 is 0 Å². The molecule has 90 valence electrons. The summed E-state index contributed by atoms with van der Waals surface area (Å²) < 4.78 is 12.6. The van der Waals surface area contributed by atoms with Crippen LogP contribution in [0.3, 0.4) is 0 Å². The molecule has 5 nitrogen and oxygen atoms in total. The summed E-state index contributed by atoms with van der Waals surface area (Å²) in [4.78, 5) is 26.5. The first-order chi connectivity index (χ1) is 8.16. The second kappa shape index (κ2) is 4.90. The van der Waals surface area contributed by atoms with Gasteiger partial charge in [-0.3, -0.25) is 9.59 Å². The Morgan fingerprint density at radius 3 is 3.00 bits per heavy atom. The number of nitrogens with zero attached hydrogens (tertiary/aromatic N) is 1. The van der Waals surface area contributed by atoms with Crippen LogP contribution in [0.1, 0.15) is 23.2 Å². The quantitative estimate of drug-likeness (QED) is 0.723. The smallest absolute Gasteiger partial charge is 0.253 e. The van der Waals surface area contributed by atoms with Crippen molar-refractivity contribution in [2.45, 2.75) is 18.9 Å². The van der Waals surface area contributed by atoms with Crippen LogP contribution in [0.5, 0.6) is 0 Å². The normalized spacial score (nSPS) is 19.6. The van der Waals surface area contributed by atoms with E-state index < -0.39 is 17.9 Å². The molecule has 0 bridgehead atoms. The van der Waals surface area contributed by atoms with Crippen molar-refractivity contribution in [2.24, 2.45) is 0 Å². The summed E-state index contributed by atoms with van der Waals surface area (Å²) in [6.45, 7) is 0.642. The highest BCUT2D eigenvalue weighted by Crippen LogP contribution is 2.05. The standard InChI is InChI=1S/C11H12FN3O2/c12-9-4-3-7(6-14-9)10(16)15-8-2-1-5-13-11(8)17/h3-4,6,8H,1-2,5H2,(H,13,17)(H,15,16). The summed E-state index contributed by atoms with van der Waals surface area (Å²) in [6.07, 6.45) is 2.59. The fraction of sp³-hybridized carbons (Fsp3) is 0.364. The number of hydrogen-bond acceptors (Lipinski definition) is 3. The maximum absolute atomic E-state index is 12.6. The molecule has 1 aliphatic rings. The molecule has 2 rings (SSSR count). The largest absolute Gasteiger partial charge is 0.354 e. The Morgan fingerprint density at radius 2 is 2.35 bits per heavy atom. The second-order valence-corrected chi connectivity index (χ2v) is 3.83. The average Bonchev–Trinajstić information content (AvgIpc) is 2.33. The zero-order chi connectivity index (χ0) is 12.3. The van der Waals surface area contributed by atoms with Crippen LogP contribution < -0.4 is 10.6 Å². The molecule has 1 aliphatic heterocycles. The molecule has 0 spiro atoms. The molecule has 1 fully saturated rings. The number of carbonyl (C=O) groups is 2. The van der Waals surface area contributed by atoms with Gasteiger partial charge in [-0.05, 0) is 25.0 Å². The highest BCUT2D eigenvalue weighted by molar-refractivity contribution is 5.97. The Kier molecular flexibility index (Phi) is 3.32. The van der Waals surface area contributed by atoms with Gasteiger partial charge in [0.15, 0.2) is 0 Å². The number of aromatic nitrogens is 1. The first-order valence-electron chi connectivity index (χ1n) is 5.37. The van der Waals surface area contributed by atoms with Crippen molar-refractivity contribution in [3.05, 3.63) is 29.8 Å². The third-order valence-corrected chi connectivity index (χ3v) is 2.58. The van der Waals surface area contributed by atoms with Gasteiger partial charge in [0.25, 0.3) is 5.91 Å². The summed E-state index contributed by atoms with van der Waals surface area (Å²) in [5.74, 6) is -1.24. The van der Waals surface area contributed by atoms with E-state index in [0.29, 0.717) is 13.0 Å². The number of carbonyl (C=O) groups excluding carboxylic acids is 2. The van der Waals surface area contributed by atoms with Gasteiger partial charge in [-0.25, -0.2) is 4.98 Å². The van der Waals surface area contributed by atoms with Gasteiger partial charge in [0.05, 0.1) is 5.56 Å². The van der Waals surface area contributed by atoms with E-state index in [1.54, 1.807) is 0 Å². The molecule has 2 N–H and O–H groups in total. The number of nitrogens with one attached hydrogen (secondary N) is 2. The molecule has 1 aromatic rings. The first-order valence-corrected chi connectivity index (χ1v) is 5.37. The van der Waals surface area contributed by atoms with Gasteiger partial charge in [-0.1, -0.05) is 0 Å². The lowest BCUT2D eigenvalue weighted by Gasteiger charge is -2.22. The lowest BCUT2D eigenvalue weighted by atomic mass is 10.1. The highest BCUT2D eigenvalue weighted by atomic mass is 19.1. The van der Waals surface area contributed by atoms with Crippen LogP contribution in [-0.2, 0) is 4.79 Å². The summed E-state index contributed by atoms with van der Waals surface area (Å²) in [7, 11) is 0. The van der Waals surface area contributed by atoms with Gasteiger partial charge < -0.3 is 10.6 Å². The van der Waals surface area contributed by atoms with Gasteiger partial charge >= 0.3 is 0 Å². The third kappa shape index (κ3) is 2.77. The maximum atomic E-state index is 12.6. The van der Waals surface area contributed by atoms with Crippen molar-refractivity contribution in [3.8, 4) is 0 Å². The number of rotatable bonds is 2. The van der Waals surface area contributed by atoms with Crippen LogP contribution >= 0.6 is 0 Å². The minimum absolute atomic E-state index is 0.181. The van der Waals surface area contributed by atoms with E-state index in [0.717, 1.165) is 18.7 Å². The Balaban J connectivity index is 2.01. The number of pyridine rings is 1. The molecular weight excluding hydrogens is 225 g/mol. The van der Waals surface area contributed by atoms with Crippen molar-refractivity contribution in [1.29, 1.82) is 0 Å². The molecular formula is C11H12FN3O2. The van der Waals surface area contributed by atoms with Crippen LogP contribution in [0.4, 0.5) is 4.39 Å². The predicted molar refractivity (Wildman–Crippen MR) is 57.7 cm³/mol. The van der Waals surface area contributed by atoms with Crippen molar-refractivity contribution in [2.75, 3.05) is 6.54 Å². The van der Waals surface area contributed by atoms with Crippen LogP contribution in [0.2, 0.25) is 0 Å². The molecule has 1 unspecified atom stereocenters. The van der Waals surface area contributed by atoms with E-state index in [-0.39, 0.29) is 11.5 Å². The molecule has 0 radical (unpaired) electrons. The summed E-state index contributed by atoms with van der Waals surface area (Å²) in [6, 6.07) is 1.93. The van der Waals surface area contributed by atoms with Gasteiger partial charge in [-0.2, -0.15) is 4.39 Å². The zero-order valence-electron chi connectivity index (χ0n) is 9.07. The maximum Gasteiger partial charge on any atom is 0.253 e. The number of hydrogen-bond donors (Lipinski definition) is 2. The van der Waals surface area contributed by atoms with Crippen molar-refractivity contribution in [3.63, 3.8) is 0 Å². The van der Waals surface area contributed by atoms with Gasteiger partial charge in [0.2, 0.25) is 11.9 Å². The Morgan fingerprint density at radius 1 is 1.53 bits per heavy atom. The molecule has 17 heavy (non-hydrogen) atoms. The van der Waals surface area contributed by atoms with E-state index in [1.807, 2.05) is 0 Å². The molecule has 0 saturated carbocycles. The highest BCUT2D eigenvalue weighted by Gasteiger charge is 2.23. The molecule has 6 heteroatoms. The molecule has 2 heterocycles. The molecule has 0 aliphatic carbocycles. The number of piperidine rings is 1. The van der Waals surface area contributed by atoms with Crippen molar-refractivity contribution in [1.82, 2.24) is 15.6 Å². The third-order valence-electron chi connectivity index (χ3n) is 2.58. The van der Waals surface area contributed by atoms with E-state index in [2.05, 4.69) is 15.6 Å². The van der Waals surface area contributed by atoms with E-state index in [1.165, 1.54) is 6.07 Å². The lowest BCUT2D eigenvalue weighted by Crippen LogP contribution is -2.50. The molecule has 2 amide bonds. The summed E-state index contributed by atoms with van der Waals surface area (Å²) in [5, 5.41) is 5.26. The molecule has 0 aromatic carbocycles. The molecule has 1 aromatic heterocycles. The van der Waals surface area contributed by atoms with Gasteiger partial charge in [0, 0.05) is 12.7 Å². The van der Waals surface area contributed by atoms with Crippen LogP contribution in [-0.4, -0.2) is 29.4 Å². The molecule has 1 saturated heterocycles. The summed E-state index contributed by atoms with van der Waals surface area (Å²) >= 11 is 0. The van der Waals surface area contributed by atoms with E-state index in [4.69, 9.17) is 0 Å². The van der Waals surface area contributed by atoms with E-state index in [9.17, 15) is 14.0 Å². The Labute approximate surface area is 97.4 Å². The number of amides is 2. The minimum Gasteiger partial charge on any atom is -0.354 e. The monoisotopic (exact) mass is 237 g/mol. The zero-order valence-corrected chi connectivity index (χ0v) is 9.07. The van der Waals surface area contributed by atoms with Crippen LogP contribution in [0.15, 0.2) is 18.3 Å². The topological polar surface area (TPSA) is 71.1 Å². The second-order valence-electron chi connectivity index (χ2n) is 3.83. The lowest BCUT2D eigenvalue weighted by molar-refractivity contribution is -0.124. The predicted octanol–water partition coefficient (Wildman–Crippen LogP) is 0.229. The first kappa shape index (κ1) is 11.5. The van der Waals surface area contributed by atoms with Crippen LogP contribution in [0.25, 0.3) is 0 Å². The number of halogens is 1. The van der Waals surface area contributed by atoms with Gasteiger partial charge in [-0.15, -0.1) is 0 Å². The van der Waals surface area contributed by atoms with Crippen molar-refractivity contribution >= 4 is 11.8 Å². The minimum atomic E-state index is -0.642. The molecule has 1 atom stereocenters.